The molecular formula is C27H22N6O2S. The maximum Gasteiger partial charge on any atom is 0.145 e. The number of hydrogen-bond donors (Lipinski definition) is 4. The third-order valence-electron chi connectivity index (χ3n) is 4.94. The molecule has 0 aliphatic rings. The predicted octanol–water partition coefficient (Wildman–Crippen LogP) is 5.51. The number of hydrogen-bond acceptors (Lipinski definition) is 9. The number of pyridine rings is 2. The van der Waals surface area contributed by atoms with Gasteiger partial charge >= 0.3 is 0 Å². The van der Waals surface area contributed by atoms with E-state index in [2.05, 4.69) is 32.6 Å². The van der Waals surface area contributed by atoms with Crippen LogP contribution >= 0.6 is 12.6 Å². The van der Waals surface area contributed by atoms with Gasteiger partial charge in [-0.1, -0.05) is 6.07 Å². The van der Waals surface area contributed by atoms with Gasteiger partial charge in [0.2, 0.25) is 0 Å². The zero-order valence-electron chi connectivity index (χ0n) is 19.0. The SMILES string of the molecule is N=C/C(=C\N)c1cnc2ccc(-c3cncc(O)c3)cc2n1.Sc1ccc(Oc2cccnc2)cc1. The van der Waals surface area contributed by atoms with E-state index in [9.17, 15) is 5.11 Å². The fourth-order valence-corrected chi connectivity index (χ4v) is 3.33. The van der Waals surface area contributed by atoms with E-state index in [1.165, 1.54) is 12.4 Å². The van der Waals surface area contributed by atoms with Gasteiger partial charge in [0.1, 0.15) is 17.2 Å². The van der Waals surface area contributed by atoms with Crippen LogP contribution in [-0.4, -0.2) is 31.3 Å². The number of benzene rings is 2. The summed E-state index contributed by atoms with van der Waals surface area (Å²) in [5.74, 6) is 1.63. The Morgan fingerprint density at radius 2 is 1.72 bits per heavy atom. The first-order chi connectivity index (χ1) is 17.6. The van der Waals surface area contributed by atoms with Crippen LogP contribution in [0.1, 0.15) is 5.69 Å². The van der Waals surface area contributed by atoms with Crippen LogP contribution in [0.4, 0.5) is 0 Å². The molecule has 4 N–H and O–H groups in total. The van der Waals surface area contributed by atoms with Gasteiger partial charge in [0.25, 0.3) is 0 Å². The molecule has 0 atom stereocenters. The number of nitrogens with one attached hydrogen (secondary N) is 1. The summed E-state index contributed by atoms with van der Waals surface area (Å²) < 4.78 is 5.54. The monoisotopic (exact) mass is 494 g/mol. The highest BCUT2D eigenvalue weighted by atomic mass is 32.1. The zero-order chi connectivity index (χ0) is 25.3. The molecule has 3 aromatic heterocycles. The Bertz CT molecular complexity index is 1510. The van der Waals surface area contributed by atoms with Crippen LogP contribution in [0.5, 0.6) is 17.2 Å². The molecule has 2 aromatic carbocycles. The van der Waals surface area contributed by atoms with E-state index in [1.807, 2.05) is 54.6 Å². The molecule has 8 nitrogen and oxygen atoms in total. The van der Waals surface area contributed by atoms with Gasteiger partial charge in [-0.2, -0.15) is 0 Å². The Kier molecular flexibility index (Phi) is 7.84. The van der Waals surface area contributed by atoms with Crippen LogP contribution in [0.3, 0.4) is 0 Å². The Morgan fingerprint density at radius 1 is 0.889 bits per heavy atom. The van der Waals surface area contributed by atoms with Gasteiger partial charge in [-0.3, -0.25) is 15.0 Å². The largest absolute Gasteiger partial charge is 0.506 e. The molecule has 0 radical (unpaired) electrons. The summed E-state index contributed by atoms with van der Waals surface area (Å²) in [4.78, 5) is 17.7. The minimum absolute atomic E-state index is 0.106. The number of ether oxygens (including phenoxy) is 1. The van der Waals surface area contributed by atoms with Crippen molar-refractivity contribution < 1.29 is 9.84 Å². The number of fused-ring (bicyclic) bond motifs is 1. The van der Waals surface area contributed by atoms with Gasteiger partial charge in [-0.25, -0.2) is 4.98 Å². The molecule has 0 saturated carbocycles. The van der Waals surface area contributed by atoms with Crippen molar-refractivity contribution in [3.63, 3.8) is 0 Å². The molecule has 5 rings (SSSR count). The van der Waals surface area contributed by atoms with E-state index in [0.717, 1.165) is 39.3 Å². The fraction of sp³-hybridized carbons (Fsp3) is 0. The average Bonchev–Trinajstić information content (AvgIpc) is 2.91. The second-order valence-corrected chi connectivity index (χ2v) is 7.96. The summed E-state index contributed by atoms with van der Waals surface area (Å²) in [7, 11) is 0. The summed E-state index contributed by atoms with van der Waals surface area (Å²) in [5.41, 5.74) is 9.59. The third-order valence-corrected chi connectivity index (χ3v) is 5.24. The normalized spacial score (nSPS) is 10.9. The molecule has 0 fully saturated rings. The number of rotatable bonds is 5. The predicted molar refractivity (Wildman–Crippen MR) is 143 cm³/mol. The topological polar surface area (TPSA) is 131 Å². The van der Waals surface area contributed by atoms with Gasteiger partial charge in [0.05, 0.1) is 35.3 Å². The molecule has 0 aliphatic heterocycles. The van der Waals surface area contributed by atoms with Crippen molar-refractivity contribution in [1.29, 1.82) is 5.41 Å². The molecule has 0 spiro atoms. The van der Waals surface area contributed by atoms with Crippen LogP contribution < -0.4 is 10.5 Å². The van der Waals surface area contributed by atoms with Crippen molar-refractivity contribution >= 4 is 35.4 Å². The molecule has 0 bridgehead atoms. The van der Waals surface area contributed by atoms with Crippen molar-refractivity contribution in [2.24, 2.45) is 5.73 Å². The molecule has 178 valence electrons. The molecule has 0 unspecified atom stereocenters. The fourth-order valence-electron chi connectivity index (χ4n) is 3.18. The van der Waals surface area contributed by atoms with Crippen molar-refractivity contribution in [3.8, 4) is 28.4 Å². The van der Waals surface area contributed by atoms with E-state index in [1.54, 1.807) is 30.9 Å². The Hall–Kier alpha value is -4.76. The molecule has 9 heteroatoms. The first kappa shape index (κ1) is 24.4. The molecular weight excluding hydrogens is 472 g/mol. The van der Waals surface area contributed by atoms with E-state index >= 15 is 0 Å². The van der Waals surface area contributed by atoms with Crippen LogP contribution in [0.15, 0.2) is 103 Å². The van der Waals surface area contributed by atoms with Crippen molar-refractivity contribution in [1.82, 2.24) is 19.9 Å². The summed E-state index contributed by atoms with van der Waals surface area (Å²) in [6, 6.07) is 18.4. The van der Waals surface area contributed by atoms with Gasteiger partial charge in [-0.15, -0.1) is 12.6 Å². The lowest BCUT2D eigenvalue weighted by atomic mass is 10.1. The Labute approximate surface area is 213 Å². The highest BCUT2D eigenvalue weighted by Crippen LogP contribution is 2.25. The number of nitrogens with zero attached hydrogens (tertiary/aromatic N) is 4. The quantitative estimate of drug-likeness (QED) is 0.187. The third kappa shape index (κ3) is 6.22. The van der Waals surface area contributed by atoms with Gasteiger partial charge in [0.15, 0.2) is 0 Å². The summed E-state index contributed by atoms with van der Waals surface area (Å²) in [5, 5.41) is 16.9. The minimum Gasteiger partial charge on any atom is -0.506 e. The maximum absolute atomic E-state index is 9.53. The molecule has 0 saturated heterocycles. The molecule has 3 heterocycles. The number of nitrogens with two attached hydrogens (primary N) is 1. The lowest BCUT2D eigenvalue weighted by Crippen LogP contribution is -1.96. The second-order valence-electron chi connectivity index (χ2n) is 7.44. The van der Waals surface area contributed by atoms with E-state index < -0.39 is 0 Å². The minimum atomic E-state index is 0.106. The van der Waals surface area contributed by atoms with Crippen LogP contribution in [-0.2, 0) is 0 Å². The first-order valence-corrected chi connectivity index (χ1v) is 11.2. The Balaban J connectivity index is 0.000000187. The lowest BCUT2D eigenvalue weighted by molar-refractivity contribution is 0.473. The number of thiol groups is 1. The number of allylic oxidation sites excluding steroid dienone is 1. The van der Waals surface area contributed by atoms with E-state index in [0.29, 0.717) is 16.8 Å². The second kappa shape index (κ2) is 11.6. The number of aromatic hydroxyl groups is 1. The highest BCUT2D eigenvalue weighted by molar-refractivity contribution is 7.80. The van der Waals surface area contributed by atoms with Crippen LogP contribution in [0.2, 0.25) is 0 Å². The maximum atomic E-state index is 9.53. The van der Waals surface area contributed by atoms with E-state index in [4.69, 9.17) is 15.9 Å². The van der Waals surface area contributed by atoms with Crippen LogP contribution in [0, 0.1) is 5.41 Å². The summed E-state index contributed by atoms with van der Waals surface area (Å²) in [6.45, 7) is 0. The molecule has 5 aromatic rings. The summed E-state index contributed by atoms with van der Waals surface area (Å²) >= 11 is 4.19. The molecule has 0 amide bonds. The van der Waals surface area contributed by atoms with Crippen molar-refractivity contribution in [2.75, 3.05) is 0 Å². The molecule has 0 aliphatic carbocycles. The average molecular weight is 495 g/mol. The van der Waals surface area contributed by atoms with Crippen molar-refractivity contribution in [2.45, 2.75) is 4.90 Å². The molecule has 36 heavy (non-hydrogen) atoms. The smallest absolute Gasteiger partial charge is 0.145 e. The van der Waals surface area contributed by atoms with Gasteiger partial charge < -0.3 is 21.0 Å². The highest BCUT2D eigenvalue weighted by Gasteiger charge is 2.06. The zero-order valence-corrected chi connectivity index (χ0v) is 19.9. The van der Waals surface area contributed by atoms with Crippen molar-refractivity contribution in [3.05, 3.63) is 104 Å². The Morgan fingerprint density at radius 3 is 2.42 bits per heavy atom. The first-order valence-electron chi connectivity index (χ1n) is 10.8. The van der Waals surface area contributed by atoms with E-state index in [-0.39, 0.29) is 5.75 Å². The van der Waals surface area contributed by atoms with Gasteiger partial charge in [0, 0.05) is 40.8 Å². The number of aromatic nitrogens is 4. The van der Waals surface area contributed by atoms with Crippen LogP contribution in [0.25, 0.3) is 27.7 Å². The van der Waals surface area contributed by atoms with Gasteiger partial charge in [-0.05, 0) is 60.2 Å². The standard InChI is InChI=1S/C16H13N5O.C11H9NOS/c17-5-12(6-18)16-9-20-14-2-1-10(4-15(14)21-16)11-3-13(22)8-19-7-11;14-11-5-3-9(4-6-11)13-10-2-1-7-12-8-10/h1-9,17,22H,18H2;1-8,14H/b12-6+,17-5?;. The lowest BCUT2D eigenvalue weighted by Gasteiger charge is -2.05. The summed E-state index contributed by atoms with van der Waals surface area (Å²) in [6.07, 6.45) is 10.5.